The van der Waals surface area contributed by atoms with Crippen LogP contribution in [-0.2, 0) is 20.9 Å². The van der Waals surface area contributed by atoms with Crippen LogP contribution in [-0.4, -0.2) is 44.8 Å². The summed E-state index contributed by atoms with van der Waals surface area (Å²) in [5.74, 6) is -0.109. The summed E-state index contributed by atoms with van der Waals surface area (Å²) in [7, 11) is 0. The highest BCUT2D eigenvalue weighted by molar-refractivity contribution is 6.08. The lowest BCUT2D eigenvalue weighted by Crippen LogP contribution is -2.50. The van der Waals surface area contributed by atoms with E-state index in [-0.39, 0.29) is 35.5 Å². The van der Waals surface area contributed by atoms with Crippen LogP contribution in [0.5, 0.6) is 0 Å². The number of benzene rings is 1. The second kappa shape index (κ2) is 9.27. The van der Waals surface area contributed by atoms with Crippen molar-refractivity contribution in [1.82, 2.24) is 19.8 Å². The topological polar surface area (TPSA) is 84.3 Å². The molecule has 0 radical (unpaired) electrons. The maximum Gasteiger partial charge on any atom is 0.243 e. The molecule has 1 aliphatic heterocycles. The summed E-state index contributed by atoms with van der Waals surface area (Å²) in [6.07, 6.45) is 6.31. The molecule has 170 valence electrons. The van der Waals surface area contributed by atoms with Crippen molar-refractivity contribution < 1.29 is 14.4 Å². The highest BCUT2D eigenvalue weighted by Crippen LogP contribution is 2.37. The van der Waals surface area contributed by atoms with Crippen LogP contribution in [0.3, 0.4) is 0 Å². The first-order valence-electron chi connectivity index (χ1n) is 11.6. The van der Waals surface area contributed by atoms with E-state index in [4.69, 9.17) is 0 Å². The number of carbonyl (C=O) groups excluding carboxylic acids is 3. The first kappa shape index (κ1) is 22.2. The molecular weight excluding hydrogens is 404 g/mol. The summed E-state index contributed by atoms with van der Waals surface area (Å²) in [6, 6.07) is 7.27. The highest BCUT2D eigenvalue weighted by Gasteiger charge is 2.51. The summed E-state index contributed by atoms with van der Waals surface area (Å²) in [5.41, 5.74) is 2.05. The Bertz CT molecular complexity index is 1030. The van der Waals surface area contributed by atoms with E-state index >= 15 is 0 Å². The van der Waals surface area contributed by atoms with E-state index in [1.807, 2.05) is 57.2 Å². The van der Waals surface area contributed by atoms with E-state index in [1.165, 1.54) is 4.90 Å². The average molecular weight is 437 g/mol. The zero-order valence-electron chi connectivity index (χ0n) is 19.1. The number of likely N-dealkylation sites (tertiary alicyclic amines) is 1. The van der Waals surface area contributed by atoms with Crippen LogP contribution in [0, 0.1) is 24.7 Å². The summed E-state index contributed by atoms with van der Waals surface area (Å²) in [5, 5.41) is 2.98. The van der Waals surface area contributed by atoms with Gasteiger partial charge in [0, 0.05) is 13.1 Å². The number of fused-ring (bicyclic) bond motifs is 2. The Morgan fingerprint density at radius 1 is 1.12 bits per heavy atom. The number of allylic oxidation sites excluding steroid dienone is 2. The van der Waals surface area contributed by atoms with Crippen LogP contribution in [0.4, 0.5) is 0 Å². The highest BCUT2D eigenvalue weighted by atomic mass is 16.2. The standard InChI is InChI=1S/C25H32N4O3/c1-16(2)15-22(29-24(31)18-9-4-5-10-19(18)25(29)32)23(30)26-13-8-14-28-17(3)27-20-11-6-7-12-21(20)28/h4-7,11-12,16,18-19,22H,8-10,13-15H2,1-3H3,(H,26,30). The van der Waals surface area contributed by atoms with Crippen LogP contribution >= 0.6 is 0 Å². The molecule has 3 amide bonds. The van der Waals surface area contributed by atoms with Gasteiger partial charge in [-0.2, -0.15) is 0 Å². The molecular formula is C25H32N4O3. The van der Waals surface area contributed by atoms with E-state index < -0.39 is 6.04 Å². The van der Waals surface area contributed by atoms with Crippen molar-refractivity contribution in [1.29, 1.82) is 0 Å². The molecule has 1 N–H and O–H groups in total. The fourth-order valence-electron chi connectivity index (χ4n) is 4.95. The molecule has 7 nitrogen and oxygen atoms in total. The number of aromatic nitrogens is 2. The van der Waals surface area contributed by atoms with Gasteiger partial charge in [-0.3, -0.25) is 19.3 Å². The second-order valence-corrected chi connectivity index (χ2v) is 9.29. The van der Waals surface area contributed by atoms with E-state index in [0.717, 1.165) is 29.8 Å². The molecule has 2 aliphatic rings. The molecule has 1 aliphatic carbocycles. The molecule has 1 saturated heterocycles. The van der Waals surface area contributed by atoms with E-state index in [1.54, 1.807) is 0 Å². The number of imidazole rings is 1. The third kappa shape index (κ3) is 4.20. The number of imide groups is 1. The predicted octanol–water partition coefficient (Wildman–Crippen LogP) is 3.22. The maximum atomic E-state index is 13.1. The first-order chi connectivity index (χ1) is 15.4. The SMILES string of the molecule is Cc1nc2ccccc2n1CCCNC(=O)C(CC(C)C)N1C(=O)C2CC=CCC2C1=O. The van der Waals surface area contributed by atoms with E-state index in [0.29, 0.717) is 25.8 Å². The van der Waals surface area contributed by atoms with Crippen molar-refractivity contribution >= 4 is 28.8 Å². The van der Waals surface area contributed by atoms with Gasteiger partial charge in [-0.05, 0) is 50.7 Å². The molecule has 1 aromatic heterocycles. The smallest absolute Gasteiger partial charge is 0.243 e. The third-order valence-corrected chi connectivity index (χ3v) is 6.55. The Morgan fingerprint density at radius 3 is 2.44 bits per heavy atom. The zero-order chi connectivity index (χ0) is 22.8. The first-order valence-corrected chi connectivity index (χ1v) is 11.6. The Kier molecular flexibility index (Phi) is 6.44. The molecule has 4 rings (SSSR count). The van der Waals surface area contributed by atoms with Crippen molar-refractivity contribution in [2.24, 2.45) is 17.8 Å². The van der Waals surface area contributed by atoms with Gasteiger partial charge < -0.3 is 9.88 Å². The van der Waals surface area contributed by atoms with Gasteiger partial charge in [-0.25, -0.2) is 4.98 Å². The van der Waals surface area contributed by atoms with Crippen molar-refractivity contribution in [2.45, 2.75) is 59.0 Å². The average Bonchev–Trinajstić information content (AvgIpc) is 3.22. The molecule has 2 heterocycles. The fraction of sp³-hybridized carbons (Fsp3) is 0.520. The maximum absolute atomic E-state index is 13.1. The lowest BCUT2D eigenvalue weighted by atomic mass is 9.85. The normalized spacial score (nSPS) is 21.4. The van der Waals surface area contributed by atoms with Crippen LogP contribution in [0.2, 0.25) is 0 Å². The quantitative estimate of drug-likeness (QED) is 0.391. The van der Waals surface area contributed by atoms with Crippen molar-refractivity contribution in [3.63, 3.8) is 0 Å². The lowest BCUT2D eigenvalue weighted by Gasteiger charge is -2.27. The number of amides is 3. The summed E-state index contributed by atoms with van der Waals surface area (Å²) >= 11 is 0. The number of hydrogen-bond donors (Lipinski definition) is 1. The van der Waals surface area contributed by atoms with Gasteiger partial charge >= 0.3 is 0 Å². The number of carbonyl (C=O) groups is 3. The number of nitrogens with zero attached hydrogens (tertiary/aromatic N) is 3. The Morgan fingerprint density at radius 2 is 1.78 bits per heavy atom. The van der Waals surface area contributed by atoms with Gasteiger partial charge in [0.2, 0.25) is 17.7 Å². The minimum absolute atomic E-state index is 0.187. The van der Waals surface area contributed by atoms with Gasteiger partial charge in [-0.15, -0.1) is 0 Å². The molecule has 0 saturated carbocycles. The number of hydrogen-bond acceptors (Lipinski definition) is 4. The van der Waals surface area contributed by atoms with Gasteiger partial charge in [0.1, 0.15) is 11.9 Å². The minimum Gasteiger partial charge on any atom is -0.354 e. The number of rotatable bonds is 8. The zero-order valence-corrected chi connectivity index (χ0v) is 19.1. The summed E-state index contributed by atoms with van der Waals surface area (Å²) in [4.78, 5) is 45.0. The van der Waals surface area contributed by atoms with Crippen LogP contribution in [0.1, 0.15) is 45.4 Å². The Labute approximate surface area is 188 Å². The monoisotopic (exact) mass is 436 g/mol. The predicted molar refractivity (Wildman–Crippen MR) is 123 cm³/mol. The third-order valence-electron chi connectivity index (χ3n) is 6.55. The fourth-order valence-corrected chi connectivity index (χ4v) is 4.95. The number of nitrogens with one attached hydrogen (secondary N) is 1. The molecule has 3 unspecified atom stereocenters. The molecule has 0 bridgehead atoms. The van der Waals surface area contributed by atoms with E-state index in [2.05, 4.69) is 14.9 Å². The molecule has 1 fully saturated rings. The van der Waals surface area contributed by atoms with Crippen molar-refractivity contribution in [2.75, 3.05) is 6.54 Å². The van der Waals surface area contributed by atoms with Gasteiger partial charge in [0.25, 0.3) is 0 Å². The molecule has 0 spiro atoms. The summed E-state index contributed by atoms with van der Waals surface area (Å²) in [6.45, 7) is 7.21. The van der Waals surface area contributed by atoms with E-state index in [9.17, 15) is 14.4 Å². The Balaban J connectivity index is 1.40. The minimum atomic E-state index is -0.739. The summed E-state index contributed by atoms with van der Waals surface area (Å²) < 4.78 is 2.15. The van der Waals surface area contributed by atoms with Crippen LogP contribution < -0.4 is 5.32 Å². The van der Waals surface area contributed by atoms with Gasteiger partial charge in [0.05, 0.1) is 22.9 Å². The van der Waals surface area contributed by atoms with Gasteiger partial charge in [-0.1, -0.05) is 38.1 Å². The number of aryl methyl sites for hydroxylation is 2. The molecule has 1 aromatic carbocycles. The van der Waals surface area contributed by atoms with Crippen molar-refractivity contribution in [3.8, 4) is 0 Å². The number of para-hydroxylation sites is 2. The molecule has 3 atom stereocenters. The van der Waals surface area contributed by atoms with Gasteiger partial charge in [0.15, 0.2) is 0 Å². The van der Waals surface area contributed by atoms with Crippen LogP contribution in [0.15, 0.2) is 36.4 Å². The lowest BCUT2D eigenvalue weighted by molar-refractivity contribution is -0.148. The van der Waals surface area contributed by atoms with Crippen molar-refractivity contribution in [3.05, 3.63) is 42.2 Å². The molecule has 7 heteroatoms. The molecule has 2 aromatic rings. The largest absolute Gasteiger partial charge is 0.354 e. The van der Waals surface area contributed by atoms with Crippen LogP contribution in [0.25, 0.3) is 11.0 Å². The second-order valence-electron chi connectivity index (χ2n) is 9.29. The Hall–Kier alpha value is -2.96. The molecule has 32 heavy (non-hydrogen) atoms.